The molecule has 1 unspecified atom stereocenters. The first-order valence-corrected chi connectivity index (χ1v) is 7.86. The Bertz CT molecular complexity index is 493. The third kappa shape index (κ3) is 3.83. The number of rotatable bonds is 4. The summed E-state index contributed by atoms with van der Waals surface area (Å²) >= 11 is 0. The minimum absolute atomic E-state index is 0.0908. The quantitative estimate of drug-likeness (QED) is 0.894. The minimum atomic E-state index is -0.0910. The first-order chi connectivity index (χ1) is 10.0. The lowest BCUT2D eigenvalue weighted by Gasteiger charge is -2.32. The van der Waals surface area contributed by atoms with Gasteiger partial charge in [-0.2, -0.15) is 0 Å². The average Bonchev–Trinajstić information content (AvgIpc) is 2.49. The van der Waals surface area contributed by atoms with Gasteiger partial charge in [-0.25, -0.2) is 0 Å². The standard InChI is InChI=1S/C17H27N3O/c1-12(2)15-7-5-6-13(3)16(15)19-17(21)14(4)20-10-8-18-9-11-20/h5-7,12,14,18H,8-11H2,1-4H3,(H,19,21). The van der Waals surface area contributed by atoms with Gasteiger partial charge in [0.1, 0.15) is 0 Å². The lowest BCUT2D eigenvalue weighted by atomic mass is 9.98. The lowest BCUT2D eigenvalue weighted by Crippen LogP contribution is -2.51. The minimum Gasteiger partial charge on any atom is -0.324 e. The zero-order chi connectivity index (χ0) is 15.4. The van der Waals surface area contributed by atoms with Crippen LogP contribution in [0.3, 0.4) is 0 Å². The van der Waals surface area contributed by atoms with Crippen LogP contribution in [-0.4, -0.2) is 43.0 Å². The van der Waals surface area contributed by atoms with Crippen LogP contribution in [0.2, 0.25) is 0 Å². The van der Waals surface area contributed by atoms with Gasteiger partial charge in [-0.15, -0.1) is 0 Å². The molecule has 0 saturated carbocycles. The Morgan fingerprint density at radius 2 is 1.90 bits per heavy atom. The molecule has 116 valence electrons. The van der Waals surface area contributed by atoms with E-state index >= 15 is 0 Å². The molecule has 4 heteroatoms. The van der Waals surface area contributed by atoms with E-state index in [1.54, 1.807) is 0 Å². The first-order valence-electron chi connectivity index (χ1n) is 7.86. The number of aryl methyl sites for hydroxylation is 1. The Kier molecular flexibility index (Phi) is 5.37. The van der Waals surface area contributed by atoms with E-state index in [4.69, 9.17) is 0 Å². The largest absolute Gasteiger partial charge is 0.324 e. The summed E-state index contributed by atoms with van der Waals surface area (Å²) in [4.78, 5) is 14.8. The molecule has 0 bridgehead atoms. The van der Waals surface area contributed by atoms with E-state index in [-0.39, 0.29) is 11.9 Å². The predicted octanol–water partition coefficient (Wildman–Crippen LogP) is 2.35. The molecule has 2 N–H and O–H groups in total. The average molecular weight is 289 g/mol. The van der Waals surface area contributed by atoms with Crippen molar-refractivity contribution in [2.24, 2.45) is 0 Å². The van der Waals surface area contributed by atoms with Crippen LogP contribution in [0.25, 0.3) is 0 Å². The van der Waals surface area contributed by atoms with Crippen LogP contribution in [0.15, 0.2) is 18.2 Å². The van der Waals surface area contributed by atoms with Crippen molar-refractivity contribution < 1.29 is 4.79 Å². The summed E-state index contributed by atoms with van der Waals surface area (Å²) in [5.74, 6) is 0.489. The van der Waals surface area contributed by atoms with Gasteiger partial charge in [0.05, 0.1) is 6.04 Å². The molecule has 1 fully saturated rings. The second-order valence-corrected chi connectivity index (χ2v) is 6.15. The predicted molar refractivity (Wildman–Crippen MR) is 87.8 cm³/mol. The van der Waals surface area contributed by atoms with E-state index in [1.165, 1.54) is 5.56 Å². The monoisotopic (exact) mass is 289 g/mol. The Morgan fingerprint density at radius 1 is 1.24 bits per heavy atom. The Morgan fingerprint density at radius 3 is 2.52 bits per heavy atom. The molecule has 0 spiro atoms. The fourth-order valence-corrected chi connectivity index (χ4v) is 2.81. The van der Waals surface area contributed by atoms with Crippen LogP contribution in [0, 0.1) is 6.92 Å². The Balaban J connectivity index is 2.12. The van der Waals surface area contributed by atoms with Gasteiger partial charge in [-0.05, 0) is 30.9 Å². The molecular formula is C17H27N3O. The number of nitrogens with zero attached hydrogens (tertiary/aromatic N) is 1. The molecule has 0 aliphatic carbocycles. The molecule has 0 aromatic heterocycles. The third-order valence-corrected chi connectivity index (χ3v) is 4.25. The van der Waals surface area contributed by atoms with Gasteiger partial charge in [0.15, 0.2) is 0 Å². The number of para-hydroxylation sites is 1. The number of hydrogen-bond donors (Lipinski definition) is 2. The van der Waals surface area contributed by atoms with Gasteiger partial charge in [0, 0.05) is 31.9 Å². The fourth-order valence-electron chi connectivity index (χ4n) is 2.81. The molecule has 4 nitrogen and oxygen atoms in total. The summed E-state index contributed by atoms with van der Waals surface area (Å²) in [5, 5.41) is 6.47. The van der Waals surface area contributed by atoms with E-state index in [0.717, 1.165) is 37.4 Å². The van der Waals surface area contributed by atoms with Crippen molar-refractivity contribution in [3.8, 4) is 0 Å². The van der Waals surface area contributed by atoms with E-state index < -0.39 is 0 Å². The summed E-state index contributed by atoms with van der Waals surface area (Å²) in [5.41, 5.74) is 3.32. The molecule has 2 rings (SSSR count). The van der Waals surface area contributed by atoms with E-state index in [0.29, 0.717) is 5.92 Å². The SMILES string of the molecule is Cc1cccc(C(C)C)c1NC(=O)C(C)N1CCNCC1. The van der Waals surface area contributed by atoms with E-state index in [9.17, 15) is 4.79 Å². The van der Waals surface area contributed by atoms with Crippen LogP contribution >= 0.6 is 0 Å². The topological polar surface area (TPSA) is 44.4 Å². The third-order valence-electron chi connectivity index (χ3n) is 4.25. The van der Waals surface area contributed by atoms with Gasteiger partial charge < -0.3 is 10.6 Å². The molecule has 21 heavy (non-hydrogen) atoms. The Labute approximate surface area is 127 Å². The molecule has 1 aromatic rings. The van der Waals surface area contributed by atoms with Crippen molar-refractivity contribution in [1.29, 1.82) is 0 Å². The highest BCUT2D eigenvalue weighted by Gasteiger charge is 2.23. The summed E-state index contributed by atoms with van der Waals surface area (Å²) in [6.07, 6.45) is 0. The van der Waals surface area contributed by atoms with Gasteiger partial charge in [0.2, 0.25) is 5.91 Å². The number of carbonyl (C=O) groups excluding carboxylic acids is 1. The number of benzene rings is 1. The van der Waals surface area contributed by atoms with Crippen molar-refractivity contribution in [3.63, 3.8) is 0 Å². The summed E-state index contributed by atoms with van der Waals surface area (Å²) in [6, 6.07) is 6.12. The molecule has 1 aromatic carbocycles. The number of hydrogen-bond acceptors (Lipinski definition) is 3. The van der Waals surface area contributed by atoms with Crippen molar-refractivity contribution >= 4 is 11.6 Å². The molecule has 1 saturated heterocycles. The summed E-state index contributed by atoms with van der Waals surface area (Å²) in [7, 11) is 0. The van der Waals surface area contributed by atoms with E-state index in [1.807, 2.05) is 6.92 Å². The number of piperazine rings is 1. The zero-order valence-corrected chi connectivity index (χ0v) is 13.6. The highest BCUT2D eigenvalue weighted by Crippen LogP contribution is 2.27. The molecule has 1 atom stereocenters. The smallest absolute Gasteiger partial charge is 0.241 e. The fraction of sp³-hybridized carbons (Fsp3) is 0.588. The van der Waals surface area contributed by atoms with Crippen LogP contribution in [0.5, 0.6) is 0 Å². The van der Waals surface area contributed by atoms with Gasteiger partial charge in [-0.1, -0.05) is 32.0 Å². The highest BCUT2D eigenvalue weighted by molar-refractivity contribution is 5.96. The van der Waals surface area contributed by atoms with Gasteiger partial charge >= 0.3 is 0 Å². The number of anilines is 1. The van der Waals surface area contributed by atoms with Gasteiger partial charge in [-0.3, -0.25) is 9.69 Å². The normalized spacial score (nSPS) is 17.8. The maximum Gasteiger partial charge on any atom is 0.241 e. The lowest BCUT2D eigenvalue weighted by molar-refractivity contribution is -0.121. The first kappa shape index (κ1) is 16.0. The molecule has 1 heterocycles. The number of nitrogens with one attached hydrogen (secondary N) is 2. The second-order valence-electron chi connectivity index (χ2n) is 6.15. The van der Waals surface area contributed by atoms with Crippen molar-refractivity contribution in [2.45, 2.75) is 39.7 Å². The summed E-state index contributed by atoms with van der Waals surface area (Å²) in [6.45, 7) is 12.1. The Hall–Kier alpha value is -1.39. The maximum absolute atomic E-state index is 12.6. The highest BCUT2D eigenvalue weighted by atomic mass is 16.2. The van der Waals surface area contributed by atoms with Crippen molar-refractivity contribution in [3.05, 3.63) is 29.3 Å². The zero-order valence-electron chi connectivity index (χ0n) is 13.6. The molecule has 1 aliphatic heterocycles. The molecule has 1 aliphatic rings. The second kappa shape index (κ2) is 7.05. The van der Waals surface area contributed by atoms with Gasteiger partial charge in [0.25, 0.3) is 0 Å². The van der Waals surface area contributed by atoms with Crippen molar-refractivity contribution in [2.75, 3.05) is 31.5 Å². The molecule has 0 radical (unpaired) electrons. The van der Waals surface area contributed by atoms with E-state index in [2.05, 4.69) is 54.5 Å². The molecular weight excluding hydrogens is 262 g/mol. The number of amides is 1. The summed E-state index contributed by atoms with van der Waals surface area (Å²) < 4.78 is 0. The van der Waals surface area contributed by atoms with Crippen LogP contribution in [0.1, 0.15) is 37.8 Å². The number of carbonyl (C=O) groups is 1. The van der Waals surface area contributed by atoms with Crippen LogP contribution in [-0.2, 0) is 4.79 Å². The molecule has 1 amide bonds. The maximum atomic E-state index is 12.6. The van der Waals surface area contributed by atoms with Crippen LogP contribution in [0.4, 0.5) is 5.69 Å². The van der Waals surface area contributed by atoms with Crippen LogP contribution < -0.4 is 10.6 Å². The van der Waals surface area contributed by atoms with Crippen molar-refractivity contribution in [1.82, 2.24) is 10.2 Å².